The van der Waals surface area contributed by atoms with Crippen LogP contribution in [0, 0.1) is 20.8 Å². The lowest BCUT2D eigenvalue weighted by atomic mass is 10.1. The van der Waals surface area contributed by atoms with Gasteiger partial charge in [0.1, 0.15) is 6.04 Å². The van der Waals surface area contributed by atoms with Crippen molar-refractivity contribution in [3.8, 4) is 0 Å². The largest absolute Gasteiger partial charge is 0.462 e. The first-order chi connectivity index (χ1) is 13.9. The van der Waals surface area contributed by atoms with E-state index in [0.717, 1.165) is 27.3 Å². The van der Waals surface area contributed by atoms with Crippen molar-refractivity contribution in [2.45, 2.75) is 40.7 Å². The molecule has 2 aromatic rings. The number of rotatable bonds is 7. The number of hydrogen-bond donors (Lipinski definition) is 1. The topological polar surface area (TPSA) is 92.8 Å². The number of anilines is 2. The molecule has 0 fully saturated rings. The predicted molar refractivity (Wildman–Crippen MR) is 118 cm³/mol. The molecular formula is C22H28N2O5S. The minimum atomic E-state index is -3.73. The van der Waals surface area contributed by atoms with Gasteiger partial charge in [0.15, 0.2) is 0 Å². The maximum atomic E-state index is 13.0. The van der Waals surface area contributed by atoms with E-state index in [4.69, 9.17) is 4.74 Å². The van der Waals surface area contributed by atoms with Crippen molar-refractivity contribution in [1.82, 2.24) is 0 Å². The van der Waals surface area contributed by atoms with Crippen LogP contribution < -0.4 is 9.62 Å². The summed E-state index contributed by atoms with van der Waals surface area (Å²) in [6.45, 7) is 9.00. The lowest BCUT2D eigenvalue weighted by molar-refractivity contribution is -0.116. The molecule has 0 heterocycles. The standard InChI is InChI=1S/C22H28N2O5S/c1-7-29-22(26)18-9-8-16(4)20(13-18)23-21(25)17(5)24(30(6,27)28)19-11-14(2)10-15(3)12-19/h8-13,17H,7H2,1-6H3,(H,23,25)/t17-/m0/s1. The smallest absolute Gasteiger partial charge is 0.338 e. The van der Waals surface area contributed by atoms with Crippen molar-refractivity contribution in [2.75, 3.05) is 22.5 Å². The molecule has 0 aliphatic rings. The van der Waals surface area contributed by atoms with Gasteiger partial charge in [0.2, 0.25) is 15.9 Å². The molecule has 0 unspecified atom stereocenters. The zero-order valence-corrected chi connectivity index (χ0v) is 19.0. The van der Waals surface area contributed by atoms with E-state index in [-0.39, 0.29) is 6.61 Å². The van der Waals surface area contributed by atoms with Crippen molar-refractivity contribution >= 4 is 33.3 Å². The number of sulfonamides is 1. The first kappa shape index (κ1) is 23.4. The van der Waals surface area contributed by atoms with Crippen LogP contribution in [-0.4, -0.2) is 39.2 Å². The number of benzene rings is 2. The number of hydrogen-bond acceptors (Lipinski definition) is 5. The summed E-state index contributed by atoms with van der Waals surface area (Å²) in [4.78, 5) is 25.0. The molecule has 30 heavy (non-hydrogen) atoms. The highest BCUT2D eigenvalue weighted by Gasteiger charge is 2.29. The number of ether oxygens (including phenoxy) is 1. The number of carbonyl (C=O) groups excluding carboxylic acids is 2. The molecule has 7 nitrogen and oxygen atoms in total. The highest BCUT2D eigenvalue weighted by atomic mass is 32.2. The molecule has 1 N–H and O–H groups in total. The average Bonchev–Trinajstić information content (AvgIpc) is 2.61. The van der Waals surface area contributed by atoms with Gasteiger partial charge in [-0.05, 0) is 75.6 Å². The normalized spacial score (nSPS) is 12.2. The van der Waals surface area contributed by atoms with Crippen molar-refractivity contribution in [3.05, 3.63) is 58.7 Å². The summed E-state index contributed by atoms with van der Waals surface area (Å²) < 4.78 is 31.1. The van der Waals surface area contributed by atoms with Gasteiger partial charge >= 0.3 is 5.97 Å². The summed E-state index contributed by atoms with van der Waals surface area (Å²) in [5, 5.41) is 2.75. The van der Waals surface area contributed by atoms with Crippen LogP contribution in [0.5, 0.6) is 0 Å². The number of esters is 1. The molecule has 0 aliphatic heterocycles. The van der Waals surface area contributed by atoms with Crippen LogP contribution in [0.25, 0.3) is 0 Å². The Morgan fingerprint density at radius 2 is 1.67 bits per heavy atom. The van der Waals surface area contributed by atoms with Crippen LogP contribution in [0.4, 0.5) is 11.4 Å². The van der Waals surface area contributed by atoms with Crippen LogP contribution in [0.2, 0.25) is 0 Å². The SMILES string of the molecule is CCOC(=O)c1ccc(C)c(NC(=O)[C@H](C)N(c2cc(C)cc(C)c2)S(C)(=O)=O)c1. The van der Waals surface area contributed by atoms with Crippen molar-refractivity contribution in [2.24, 2.45) is 0 Å². The van der Waals surface area contributed by atoms with Crippen molar-refractivity contribution in [1.29, 1.82) is 0 Å². The Bertz CT molecular complexity index is 1040. The second kappa shape index (κ2) is 9.30. The van der Waals surface area contributed by atoms with Crippen LogP contribution in [0.15, 0.2) is 36.4 Å². The van der Waals surface area contributed by atoms with E-state index >= 15 is 0 Å². The van der Waals surface area contributed by atoms with E-state index in [1.165, 1.54) is 13.0 Å². The Kier molecular flexibility index (Phi) is 7.25. The summed E-state index contributed by atoms with van der Waals surface area (Å²) in [6, 6.07) is 9.22. The van der Waals surface area contributed by atoms with E-state index < -0.39 is 27.9 Å². The van der Waals surface area contributed by atoms with Gasteiger partial charge in [0, 0.05) is 5.69 Å². The Labute approximate surface area is 178 Å². The number of amides is 1. The van der Waals surface area contributed by atoms with E-state index in [1.807, 2.05) is 19.9 Å². The van der Waals surface area contributed by atoms with Crippen LogP contribution >= 0.6 is 0 Å². The molecule has 162 valence electrons. The first-order valence-corrected chi connectivity index (χ1v) is 11.4. The van der Waals surface area contributed by atoms with Crippen LogP contribution in [-0.2, 0) is 19.6 Å². The minimum absolute atomic E-state index is 0.241. The lowest BCUT2D eigenvalue weighted by Crippen LogP contribution is -2.45. The molecular weight excluding hydrogens is 404 g/mol. The highest BCUT2D eigenvalue weighted by Crippen LogP contribution is 2.25. The summed E-state index contributed by atoms with van der Waals surface area (Å²) in [5.41, 5.74) is 3.68. The van der Waals surface area contributed by atoms with Gasteiger partial charge < -0.3 is 10.1 Å². The van der Waals surface area contributed by atoms with Crippen molar-refractivity contribution < 1.29 is 22.7 Å². The first-order valence-electron chi connectivity index (χ1n) is 9.60. The molecule has 0 aromatic heterocycles. The maximum absolute atomic E-state index is 13.0. The minimum Gasteiger partial charge on any atom is -0.462 e. The molecule has 0 aliphatic carbocycles. The predicted octanol–water partition coefficient (Wildman–Crippen LogP) is 3.58. The van der Waals surface area contributed by atoms with Gasteiger partial charge in [0.25, 0.3) is 0 Å². The molecule has 2 rings (SSSR count). The number of carbonyl (C=O) groups is 2. The van der Waals surface area contributed by atoms with Gasteiger partial charge in [0.05, 0.1) is 24.1 Å². The zero-order chi connectivity index (χ0) is 22.6. The Morgan fingerprint density at radius 3 is 2.20 bits per heavy atom. The maximum Gasteiger partial charge on any atom is 0.338 e. The quantitative estimate of drug-likeness (QED) is 0.675. The fourth-order valence-electron chi connectivity index (χ4n) is 3.22. The lowest BCUT2D eigenvalue weighted by Gasteiger charge is -2.29. The second-order valence-electron chi connectivity index (χ2n) is 7.32. The molecule has 0 saturated heterocycles. The summed E-state index contributed by atoms with van der Waals surface area (Å²) in [7, 11) is -3.73. The Hall–Kier alpha value is -2.87. The third-order valence-corrected chi connectivity index (χ3v) is 5.80. The fourth-order valence-corrected chi connectivity index (χ4v) is 4.38. The average molecular weight is 433 g/mol. The Morgan fingerprint density at radius 1 is 1.07 bits per heavy atom. The number of aryl methyl sites for hydroxylation is 3. The van der Waals surface area contributed by atoms with Gasteiger partial charge in [-0.1, -0.05) is 12.1 Å². The number of nitrogens with one attached hydrogen (secondary N) is 1. The summed E-state index contributed by atoms with van der Waals surface area (Å²) in [6.07, 6.45) is 1.07. The monoisotopic (exact) mass is 432 g/mol. The van der Waals surface area contributed by atoms with Crippen molar-refractivity contribution in [3.63, 3.8) is 0 Å². The zero-order valence-electron chi connectivity index (χ0n) is 18.1. The molecule has 1 atom stereocenters. The molecule has 0 spiro atoms. The fraction of sp³-hybridized carbons (Fsp3) is 0.364. The number of nitrogens with zero attached hydrogens (tertiary/aromatic N) is 1. The third kappa shape index (κ3) is 5.60. The molecule has 0 saturated carbocycles. The molecule has 0 bridgehead atoms. The molecule has 1 amide bonds. The van der Waals surface area contributed by atoms with Gasteiger partial charge in [-0.15, -0.1) is 0 Å². The third-order valence-electron chi connectivity index (χ3n) is 4.56. The van der Waals surface area contributed by atoms with Crippen LogP contribution in [0.1, 0.15) is 40.9 Å². The van der Waals surface area contributed by atoms with E-state index in [0.29, 0.717) is 16.9 Å². The van der Waals surface area contributed by atoms with Gasteiger partial charge in [-0.2, -0.15) is 0 Å². The van der Waals surface area contributed by atoms with Gasteiger partial charge in [-0.25, -0.2) is 13.2 Å². The highest BCUT2D eigenvalue weighted by molar-refractivity contribution is 7.92. The molecule has 8 heteroatoms. The molecule has 0 radical (unpaired) electrons. The Balaban J connectivity index is 2.37. The summed E-state index contributed by atoms with van der Waals surface area (Å²) >= 11 is 0. The van der Waals surface area contributed by atoms with E-state index in [9.17, 15) is 18.0 Å². The molecule has 2 aromatic carbocycles. The van der Waals surface area contributed by atoms with E-state index in [2.05, 4.69) is 5.32 Å². The second-order valence-corrected chi connectivity index (χ2v) is 9.18. The van der Waals surface area contributed by atoms with E-state index in [1.54, 1.807) is 38.1 Å². The van der Waals surface area contributed by atoms with Crippen LogP contribution in [0.3, 0.4) is 0 Å². The summed E-state index contributed by atoms with van der Waals surface area (Å²) in [5.74, 6) is -1.00. The van der Waals surface area contributed by atoms with Gasteiger partial charge in [-0.3, -0.25) is 9.10 Å².